The Hall–Kier alpha value is -2.96. The smallest absolute Gasteiger partial charge is 0.272 e. The Morgan fingerprint density at radius 2 is 2.08 bits per heavy atom. The third kappa shape index (κ3) is 4.12. The van der Waals surface area contributed by atoms with Gasteiger partial charge in [-0.1, -0.05) is 12.1 Å². The molecule has 2 aromatic rings. The first-order valence-electron chi connectivity index (χ1n) is 8.33. The fourth-order valence-corrected chi connectivity index (χ4v) is 2.76. The lowest BCUT2D eigenvalue weighted by Crippen LogP contribution is -2.49. The molecule has 1 aliphatic heterocycles. The van der Waals surface area contributed by atoms with Crippen molar-refractivity contribution in [3.63, 3.8) is 0 Å². The van der Waals surface area contributed by atoms with Gasteiger partial charge in [-0.15, -0.1) is 6.58 Å². The van der Waals surface area contributed by atoms with Crippen LogP contribution >= 0.6 is 0 Å². The van der Waals surface area contributed by atoms with E-state index in [9.17, 15) is 4.79 Å². The molecule has 2 aromatic heterocycles. The lowest BCUT2D eigenvalue weighted by Gasteiger charge is -2.35. The fourth-order valence-electron chi connectivity index (χ4n) is 2.76. The van der Waals surface area contributed by atoms with E-state index in [0.29, 0.717) is 31.3 Å². The van der Waals surface area contributed by atoms with E-state index in [0.717, 1.165) is 24.6 Å². The Bertz CT molecular complexity index is 740. The van der Waals surface area contributed by atoms with Gasteiger partial charge in [0.05, 0.1) is 0 Å². The van der Waals surface area contributed by atoms with E-state index in [2.05, 4.69) is 31.7 Å². The maximum absolute atomic E-state index is 12.8. The fraction of sp³-hybridized carbons (Fsp3) is 0.333. The van der Waals surface area contributed by atoms with E-state index in [4.69, 9.17) is 0 Å². The van der Waals surface area contributed by atoms with Crippen LogP contribution in [0.25, 0.3) is 0 Å². The second-order valence-electron chi connectivity index (χ2n) is 5.85. The molecular formula is C18H22N6O. The highest BCUT2D eigenvalue weighted by molar-refractivity contribution is 5.92. The Morgan fingerprint density at radius 3 is 2.76 bits per heavy atom. The molecule has 0 bridgehead atoms. The van der Waals surface area contributed by atoms with Gasteiger partial charge in [0, 0.05) is 44.6 Å². The zero-order valence-corrected chi connectivity index (χ0v) is 14.4. The Labute approximate surface area is 147 Å². The van der Waals surface area contributed by atoms with Gasteiger partial charge in [-0.05, 0) is 25.1 Å². The van der Waals surface area contributed by atoms with Crippen molar-refractivity contribution in [1.82, 2.24) is 19.9 Å². The molecule has 0 unspecified atom stereocenters. The van der Waals surface area contributed by atoms with Gasteiger partial charge in [0.25, 0.3) is 5.91 Å². The van der Waals surface area contributed by atoms with Crippen molar-refractivity contribution in [3.05, 3.63) is 54.5 Å². The number of nitrogens with zero attached hydrogens (tertiary/aromatic N) is 5. The maximum atomic E-state index is 12.8. The van der Waals surface area contributed by atoms with Crippen LogP contribution in [0.2, 0.25) is 0 Å². The number of anilines is 2. The molecule has 3 heterocycles. The highest BCUT2D eigenvalue weighted by Crippen LogP contribution is 2.15. The molecular weight excluding hydrogens is 316 g/mol. The molecule has 25 heavy (non-hydrogen) atoms. The SMILES string of the molecule is C=CCNc1nc(C)cc(C(=O)N2CCN(c3ccccn3)CC2)n1. The minimum Gasteiger partial charge on any atom is -0.353 e. The zero-order chi connectivity index (χ0) is 17.6. The number of carbonyl (C=O) groups excluding carboxylic acids is 1. The van der Waals surface area contributed by atoms with Gasteiger partial charge in [0.2, 0.25) is 5.95 Å². The third-order valence-corrected chi connectivity index (χ3v) is 4.02. The number of aromatic nitrogens is 3. The van der Waals surface area contributed by atoms with Crippen molar-refractivity contribution < 1.29 is 4.79 Å². The maximum Gasteiger partial charge on any atom is 0.272 e. The van der Waals surface area contributed by atoms with Crippen molar-refractivity contribution in [3.8, 4) is 0 Å². The highest BCUT2D eigenvalue weighted by Gasteiger charge is 2.24. The number of hydrogen-bond acceptors (Lipinski definition) is 6. The van der Waals surface area contributed by atoms with E-state index in [1.165, 1.54) is 0 Å². The standard InChI is InChI=1S/C18H22N6O/c1-3-7-20-18-21-14(2)13-15(22-18)17(25)24-11-9-23(10-12-24)16-6-4-5-8-19-16/h3-6,8,13H,1,7,9-12H2,2H3,(H,20,21,22). The average molecular weight is 338 g/mol. The first kappa shape index (κ1) is 16.9. The van der Waals surface area contributed by atoms with Crippen LogP contribution in [0.3, 0.4) is 0 Å². The molecule has 0 radical (unpaired) electrons. The predicted octanol–water partition coefficient (Wildman–Crippen LogP) is 1.74. The van der Waals surface area contributed by atoms with Crippen molar-refractivity contribution >= 4 is 17.7 Å². The first-order valence-corrected chi connectivity index (χ1v) is 8.33. The van der Waals surface area contributed by atoms with Gasteiger partial charge in [0.15, 0.2) is 0 Å². The zero-order valence-electron chi connectivity index (χ0n) is 14.4. The Kier molecular flexibility index (Phi) is 5.23. The molecule has 1 aliphatic rings. The number of rotatable bonds is 5. The summed E-state index contributed by atoms with van der Waals surface area (Å²) in [4.78, 5) is 29.8. The first-order chi connectivity index (χ1) is 12.2. The molecule has 1 N–H and O–H groups in total. The average Bonchev–Trinajstić information content (AvgIpc) is 2.66. The summed E-state index contributed by atoms with van der Waals surface area (Å²) in [7, 11) is 0. The van der Waals surface area contributed by atoms with Gasteiger partial charge in [-0.25, -0.2) is 15.0 Å². The summed E-state index contributed by atoms with van der Waals surface area (Å²) in [6, 6.07) is 7.59. The summed E-state index contributed by atoms with van der Waals surface area (Å²) in [6.07, 6.45) is 3.51. The van der Waals surface area contributed by atoms with E-state index in [1.54, 1.807) is 18.3 Å². The molecule has 1 fully saturated rings. The molecule has 0 saturated carbocycles. The van der Waals surface area contributed by atoms with Crippen LogP contribution < -0.4 is 10.2 Å². The van der Waals surface area contributed by atoms with E-state index in [-0.39, 0.29) is 5.91 Å². The van der Waals surface area contributed by atoms with Crippen molar-refractivity contribution in [1.29, 1.82) is 0 Å². The van der Waals surface area contributed by atoms with Crippen LogP contribution in [0.4, 0.5) is 11.8 Å². The number of aryl methyl sites for hydroxylation is 1. The minimum absolute atomic E-state index is 0.0622. The second kappa shape index (κ2) is 7.74. The minimum atomic E-state index is -0.0622. The van der Waals surface area contributed by atoms with Gasteiger partial charge < -0.3 is 15.1 Å². The summed E-state index contributed by atoms with van der Waals surface area (Å²) in [5, 5.41) is 3.03. The largest absolute Gasteiger partial charge is 0.353 e. The van der Waals surface area contributed by atoms with E-state index >= 15 is 0 Å². The van der Waals surface area contributed by atoms with Crippen molar-refractivity contribution in [2.75, 3.05) is 42.9 Å². The van der Waals surface area contributed by atoms with Crippen molar-refractivity contribution in [2.45, 2.75) is 6.92 Å². The predicted molar refractivity (Wildman–Crippen MR) is 97.8 cm³/mol. The van der Waals surface area contributed by atoms with Crippen LogP contribution in [0.5, 0.6) is 0 Å². The Balaban J connectivity index is 1.66. The molecule has 3 rings (SSSR count). The lowest BCUT2D eigenvalue weighted by atomic mass is 10.2. The monoisotopic (exact) mass is 338 g/mol. The Morgan fingerprint density at radius 1 is 1.28 bits per heavy atom. The molecule has 0 spiro atoms. The van der Waals surface area contributed by atoms with Crippen LogP contribution in [0.1, 0.15) is 16.2 Å². The van der Waals surface area contributed by atoms with Crippen molar-refractivity contribution in [2.24, 2.45) is 0 Å². The third-order valence-electron chi connectivity index (χ3n) is 4.02. The molecule has 7 heteroatoms. The molecule has 0 aromatic carbocycles. The number of hydrogen-bond donors (Lipinski definition) is 1. The van der Waals surface area contributed by atoms with Crippen LogP contribution in [-0.2, 0) is 0 Å². The lowest BCUT2D eigenvalue weighted by molar-refractivity contribution is 0.0740. The molecule has 0 aliphatic carbocycles. The van der Waals surface area contributed by atoms with Crippen LogP contribution in [-0.4, -0.2) is 58.5 Å². The van der Waals surface area contributed by atoms with Gasteiger partial charge in [-0.2, -0.15) is 0 Å². The highest BCUT2D eigenvalue weighted by atomic mass is 16.2. The van der Waals surface area contributed by atoms with Gasteiger partial charge >= 0.3 is 0 Å². The topological polar surface area (TPSA) is 74.2 Å². The molecule has 1 saturated heterocycles. The quantitative estimate of drug-likeness (QED) is 0.837. The molecule has 130 valence electrons. The molecule has 0 atom stereocenters. The summed E-state index contributed by atoms with van der Waals surface area (Å²) < 4.78 is 0. The van der Waals surface area contributed by atoms with Gasteiger partial charge in [-0.3, -0.25) is 4.79 Å². The summed E-state index contributed by atoms with van der Waals surface area (Å²) in [5.41, 5.74) is 1.18. The van der Waals surface area contributed by atoms with Gasteiger partial charge in [0.1, 0.15) is 11.5 Å². The van der Waals surface area contributed by atoms with Crippen LogP contribution in [0.15, 0.2) is 43.1 Å². The van der Waals surface area contributed by atoms with E-state index < -0.39 is 0 Å². The summed E-state index contributed by atoms with van der Waals surface area (Å²) in [6.45, 7) is 8.88. The normalized spacial score (nSPS) is 14.3. The number of piperazine rings is 1. The summed E-state index contributed by atoms with van der Waals surface area (Å²) in [5.74, 6) is 1.34. The van der Waals surface area contributed by atoms with E-state index in [1.807, 2.05) is 30.0 Å². The molecule has 7 nitrogen and oxygen atoms in total. The van der Waals surface area contributed by atoms with Crippen LogP contribution in [0, 0.1) is 6.92 Å². The number of carbonyl (C=O) groups is 1. The summed E-state index contributed by atoms with van der Waals surface area (Å²) >= 11 is 0. The number of amides is 1. The second-order valence-corrected chi connectivity index (χ2v) is 5.85. The molecule has 1 amide bonds. The number of pyridine rings is 1. The number of nitrogens with one attached hydrogen (secondary N) is 1.